The first-order chi connectivity index (χ1) is 16.3. The summed E-state index contributed by atoms with van der Waals surface area (Å²) < 4.78 is 25.6. The first-order valence-corrected chi connectivity index (χ1v) is 16.2. The molecule has 196 valence electrons. The molecule has 0 aliphatic carbocycles. The average Bonchev–Trinajstić information content (AvgIpc) is 3.11. The average molecular weight is 506 g/mol. The molecule has 7 nitrogen and oxygen atoms in total. The van der Waals surface area contributed by atoms with Gasteiger partial charge in [-0.25, -0.2) is 5.06 Å². The third kappa shape index (κ3) is 7.24. The molecule has 2 aliphatic heterocycles. The second kappa shape index (κ2) is 11.2. The van der Waals surface area contributed by atoms with Crippen molar-refractivity contribution in [1.29, 1.82) is 0 Å². The smallest absolute Gasteiger partial charge is 0.277 e. The highest BCUT2D eigenvalue weighted by Gasteiger charge is 2.56. The zero-order valence-electron chi connectivity index (χ0n) is 22.6. The zero-order valence-corrected chi connectivity index (χ0v) is 23.6. The summed E-state index contributed by atoms with van der Waals surface area (Å²) in [4.78, 5) is 18.6. The number of carbonyl (C=O) groups excluding carboxylic acids is 1. The van der Waals surface area contributed by atoms with Crippen molar-refractivity contribution in [2.45, 2.75) is 95.8 Å². The monoisotopic (exact) mass is 505 g/mol. The van der Waals surface area contributed by atoms with Crippen LogP contribution in [0.3, 0.4) is 0 Å². The number of likely N-dealkylation sites (N-methyl/N-ethyl adjacent to an activating group) is 1. The van der Waals surface area contributed by atoms with Gasteiger partial charge in [0.25, 0.3) is 5.91 Å². The van der Waals surface area contributed by atoms with E-state index in [-0.39, 0.29) is 36.7 Å². The Morgan fingerprint density at radius 2 is 1.80 bits per heavy atom. The maximum absolute atomic E-state index is 13.4. The first-order valence-electron chi connectivity index (χ1n) is 12.5. The summed E-state index contributed by atoms with van der Waals surface area (Å²) in [7, 11) is 1.72. The Bertz CT molecular complexity index is 870. The molecule has 0 bridgehead atoms. The summed E-state index contributed by atoms with van der Waals surface area (Å²) in [5.41, 5.74) is 2.13. The molecule has 35 heavy (non-hydrogen) atoms. The Hall–Kier alpha value is -1.55. The van der Waals surface area contributed by atoms with E-state index in [0.717, 1.165) is 17.2 Å². The predicted molar refractivity (Wildman–Crippen MR) is 138 cm³/mol. The lowest BCUT2D eigenvalue weighted by atomic mass is 9.84. The fourth-order valence-corrected chi connectivity index (χ4v) is 6.70. The van der Waals surface area contributed by atoms with E-state index < -0.39 is 26.1 Å². The molecule has 0 unspecified atom stereocenters. The number of nitrogens with zero attached hydrogens (tertiary/aromatic N) is 1. The second-order valence-corrected chi connectivity index (χ2v) is 17.0. The number of hydrogen-bond donors (Lipinski definition) is 0. The number of rotatable bonds is 10. The minimum atomic E-state index is -1.34. The van der Waals surface area contributed by atoms with Gasteiger partial charge in [-0.1, -0.05) is 62.5 Å². The fourth-order valence-electron chi connectivity index (χ4n) is 5.06. The molecule has 2 heterocycles. The zero-order chi connectivity index (χ0) is 26.0. The van der Waals surface area contributed by atoms with Gasteiger partial charge in [0.05, 0.1) is 32.0 Å². The predicted octanol–water partition coefficient (Wildman–Crippen LogP) is 4.80. The topological polar surface area (TPSA) is 66.5 Å². The van der Waals surface area contributed by atoms with Crippen molar-refractivity contribution in [3.8, 4) is 0 Å². The van der Waals surface area contributed by atoms with Crippen LogP contribution in [0, 0.1) is 5.92 Å². The van der Waals surface area contributed by atoms with Crippen LogP contribution in [0.5, 0.6) is 0 Å². The van der Waals surface area contributed by atoms with Gasteiger partial charge in [0.15, 0.2) is 11.9 Å². The fraction of sp³-hybridized carbons (Fsp3) is 0.667. The van der Waals surface area contributed by atoms with Gasteiger partial charge in [-0.3, -0.25) is 9.63 Å². The number of hydroxylamine groups is 2. The molecule has 0 N–H and O–H groups in total. The van der Waals surface area contributed by atoms with Crippen LogP contribution in [-0.2, 0) is 35.2 Å². The summed E-state index contributed by atoms with van der Waals surface area (Å²) in [5.74, 6) is -1.16. The van der Waals surface area contributed by atoms with Crippen LogP contribution in [0.15, 0.2) is 42.5 Å². The minimum absolute atomic E-state index is 0.140. The summed E-state index contributed by atoms with van der Waals surface area (Å²) in [5, 5.41) is 1.20. The molecule has 2 fully saturated rings. The second-order valence-electron chi connectivity index (χ2n) is 11.5. The molecule has 0 radical (unpaired) electrons. The van der Waals surface area contributed by atoms with Crippen molar-refractivity contribution >= 4 is 14.0 Å². The van der Waals surface area contributed by atoms with Gasteiger partial charge in [0.1, 0.15) is 6.10 Å². The third-order valence-corrected chi connectivity index (χ3v) is 8.13. The molecule has 0 spiro atoms. The highest BCUT2D eigenvalue weighted by Crippen LogP contribution is 2.43. The summed E-state index contributed by atoms with van der Waals surface area (Å²) in [6.07, 6.45) is -1.48. The van der Waals surface area contributed by atoms with Crippen LogP contribution in [0.1, 0.15) is 32.8 Å². The van der Waals surface area contributed by atoms with E-state index in [9.17, 15) is 4.79 Å². The Morgan fingerprint density at radius 3 is 2.40 bits per heavy atom. The summed E-state index contributed by atoms with van der Waals surface area (Å²) in [6, 6.07) is 10.8. The highest BCUT2D eigenvalue weighted by atomic mass is 28.3. The lowest BCUT2D eigenvalue weighted by molar-refractivity contribution is -0.219. The Labute approximate surface area is 211 Å². The number of fused-ring (bicyclic) bond motifs is 1. The van der Waals surface area contributed by atoms with Crippen molar-refractivity contribution in [1.82, 2.24) is 5.06 Å². The number of carbonyl (C=O) groups is 1. The van der Waals surface area contributed by atoms with Crippen LogP contribution in [0.2, 0.25) is 25.7 Å². The molecule has 3 rings (SSSR count). The molecule has 1 aromatic rings. The lowest BCUT2D eigenvalue weighted by Crippen LogP contribution is -2.59. The van der Waals surface area contributed by atoms with Crippen molar-refractivity contribution < 1.29 is 28.6 Å². The molecule has 0 aromatic heterocycles. The molecule has 8 heteroatoms. The van der Waals surface area contributed by atoms with Crippen molar-refractivity contribution in [2.75, 3.05) is 14.2 Å². The van der Waals surface area contributed by atoms with Gasteiger partial charge >= 0.3 is 0 Å². The van der Waals surface area contributed by atoms with Gasteiger partial charge in [-0.2, -0.15) is 0 Å². The van der Waals surface area contributed by atoms with Gasteiger partial charge in [0.2, 0.25) is 0 Å². The van der Waals surface area contributed by atoms with Gasteiger partial charge in [-0.05, 0) is 31.9 Å². The van der Waals surface area contributed by atoms with Gasteiger partial charge < -0.3 is 18.9 Å². The molecule has 2 aliphatic rings. The maximum Gasteiger partial charge on any atom is 0.277 e. The number of hydrogen-bond acceptors (Lipinski definition) is 6. The van der Waals surface area contributed by atoms with E-state index in [2.05, 4.69) is 26.2 Å². The van der Waals surface area contributed by atoms with Crippen molar-refractivity contribution in [3.05, 3.63) is 48.0 Å². The van der Waals surface area contributed by atoms with Crippen molar-refractivity contribution in [2.24, 2.45) is 5.92 Å². The summed E-state index contributed by atoms with van der Waals surface area (Å²) in [6.45, 7) is 17.5. The molecule has 1 aromatic carbocycles. The van der Waals surface area contributed by atoms with Crippen LogP contribution in [0.4, 0.5) is 0 Å². The molecule has 6 atom stereocenters. The minimum Gasteiger partial charge on any atom is -0.368 e. The molecule has 1 amide bonds. The van der Waals surface area contributed by atoms with Crippen LogP contribution < -0.4 is 0 Å². The van der Waals surface area contributed by atoms with Crippen molar-refractivity contribution in [3.63, 3.8) is 0 Å². The number of benzene rings is 1. The summed E-state index contributed by atoms with van der Waals surface area (Å²) >= 11 is 0. The number of amides is 1. The third-order valence-electron chi connectivity index (χ3n) is 6.57. The van der Waals surface area contributed by atoms with Crippen LogP contribution in [-0.4, -0.2) is 69.5 Å². The van der Waals surface area contributed by atoms with Crippen LogP contribution >= 0.6 is 0 Å². The highest BCUT2D eigenvalue weighted by molar-refractivity contribution is 6.76. The van der Waals surface area contributed by atoms with Gasteiger partial charge in [-0.15, -0.1) is 6.58 Å². The van der Waals surface area contributed by atoms with Crippen LogP contribution in [0.25, 0.3) is 0 Å². The Morgan fingerprint density at radius 1 is 1.17 bits per heavy atom. The standard InChI is InChI=1S/C27H43NO6Si/c1-18(17-35(7,8)9)15-21-24-23(33-27(3,4)34-24)19(2)22(32-21)25(26(29)28(5)30-6)31-16-20-13-11-10-12-14-20/h10-14,19,21-25H,1,15-17H2,2-9H3/t19-,21+,22+,23+,24+,25-/m0/s1. The van der Waals surface area contributed by atoms with E-state index in [1.807, 2.05) is 51.1 Å². The van der Waals surface area contributed by atoms with E-state index in [4.69, 9.17) is 23.8 Å². The normalized spacial score (nSPS) is 28.9. The quantitative estimate of drug-likeness (QED) is 0.259. The Kier molecular flexibility index (Phi) is 8.99. The molecular weight excluding hydrogens is 462 g/mol. The lowest BCUT2D eigenvalue weighted by Gasteiger charge is -2.44. The Balaban J connectivity index is 1.88. The maximum atomic E-state index is 13.4. The number of ether oxygens (including phenoxy) is 4. The van der Waals surface area contributed by atoms with E-state index >= 15 is 0 Å². The molecule has 0 saturated carbocycles. The van der Waals surface area contributed by atoms with Gasteiger partial charge in [0, 0.05) is 21.0 Å². The SMILES string of the molecule is C=C(C[C@H]1O[C@@H]([C@H](OCc2ccccc2)C(=O)N(C)OC)[C@H](C)[C@H]2OC(C)(C)O[C@@H]21)C[Si](C)(C)C. The molecular formula is C27H43NO6Si. The van der Waals surface area contributed by atoms with E-state index in [1.165, 1.54) is 12.2 Å². The first kappa shape index (κ1) is 28.0. The largest absolute Gasteiger partial charge is 0.368 e. The van der Waals surface area contributed by atoms with E-state index in [0.29, 0.717) is 6.42 Å². The van der Waals surface area contributed by atoms with E-state index in [1.54, 1.807) is 7.05 Å². The molecule has 2 saturated heterocycles.